The van der Waals surface area contributed by atoms with E-state index in [1.54, 1.807) is 23.5 Å². The van der Waals surface area contributed by atoms with Crippen LogP contribution >= 0.6 is 11.3 Å². The first kappa shape index (κ1) is 13.8. The third-order valence-corrected chi connectivity index (χ3v) is 4.22. The lowest BCUT2D eigenvalue weighted by Gasteiger charge is -2.10. The van der Waals surface area contributed by atoms with Gasteiger partial charge < -0.3 is 14.3 Å². The molecule has 0 amide bonds. The Labute approximate surface area is 134 Å². The number of aromatic amines is 1. The number of H-pyrrole nitrogens is 1. The predicted molar refractivity (Wildman–Crippen MR) is 86.5 cm³/mol. The maximum atomic E-state index is 11.2. The number of oxazole rings is 1. The van der Waals surface area contributed by atoms with E-state index in [1.165, 1.54) is 0 Å². The second-order valence-electron chi connectivity index (χ2n) is 5.03. The van der Waals surface area contributed by atoms with E-state index in [2.05, 4.69) is 20.4 Å². The van der Waals surface area contributed by atoms with Crippen LogP contribution in [0.15, 0.2) is 49.4 Å². The Bertz CT molecular complexity index is 999. The first-order valence-corrected chi connectivity index (χ1v) is 7.84. The van der Waals surface area contributed by atoms with E-state index in [-0.39, 0.29) is 6.04 Å². The number of hydrogen-bond donors (Lipinski definition) is 2. The molecule has 7 nitrogen and oxygen atoms in total. The molecule has 1 aromatic carbocycles. The number of thiophene rings is 1. The van der Waals surface area contributed by atoms with Gasteiger partial charge in [0.2, 0.25) is 11.7 Å². The summed E-state index contributed by atoms with van der Waals surface area (Å²) < 4.78 is 10.3. The van der Waals surface area contributed by atoms with Crippen molar-refractivity contribution in [1.82, 2.24) is 15.1 Å². The van der Waals surface area contributed by atoms with Gasteiger partial charge in [0.05, 0.1) is 10.4 Å². The molecule has 0 aliphatic rings. The molecule has 8 heteroatoms. The Balaban J connectivity index is 1.56. The normalized spacial score (nSPS) is 12.6. The van der Waals surface area contributed by atoms with Gasteiger partial charge in [0, 0.05) is 5.69 Å². The molecular formula is C15H12N4O3S. The van der Waals surface area contributed by atoms with Crippen molar-refractivity contribution in [2.75, 3.05) is 5.32 Å². The summed E-state index contributed by atoms with van der Waals surface area (Å²) >= 11 is 1.56. The summed E-state index contributed by atoms with van der Waals surface area (Å²) in [5.41, 5.74) is 1.97. The SMILES string of the molecule is C[C@H](Nc1ccc2oc(=O)[nH]c2c1)c1nc(-c2cccs2)no1. The molecule has 4 aromatic rings. The number of anilines is 1. The van der Waals surface area contributed by atoms with Gasteiger partial charge in [-0.05, 0) is 36.6 Å². The molecule has 4 rings (SSSR count). The molecule has 0 fully saturated rings. The highest BCUT2D eigenvalue weighted by molar-refractivity contribution is 7.13. The number of nitrogens with one attached hydrogen (secondary N) is 2. The molecule has 0 unspecified atom stereocenters. The van der Waals surface area contributed by atoms with Gasteiger partial charge >= 0.3 is 5.76 Å². The molecule has 23 heavy (non-hydrogen) atoms. The van der Waals surface area contributed by atoms with Crippen molar-refractivity contribution in [3.63, 3.8) is 0 Å². The molecule has 3 aromatic heterocycles. The molecule has 0 saturated carbocycles. The Morgan fingerprint density at radius 2 is 2.26 bits per heavy atom. The van der Waals surface area contributed by atoms with Gasteiger partial charge in [-0.3, -0.25) is 4.98 Å². The average Bonchev–Trinajstić information content (AvgIpc) is 3.26. The van der Waals surface area contributed by atoms with E-state index in [9.17, 15) is 4.79 Å². The summed E-state index contributed by atoms with van der Waals surface area (Å²) in [6, 6.07) is 9.07. The minimum Gasteiger partial charge on any atom is -0.408 e. The largest absolute Gasteiger partial charge is 0.417 e. The zero-order valence-electron chi connectivity index (χ0n) is 12.1. The number of fused-ring (bicyclic) bond motifs is 1. The standard InChI is InChI=1S/C15H12N4O3S/c1-8(14-18-13(19-22-14)12-3-2-6-23-12)16-9-4-5-11-10(7-9)17-15(20)21-11/h2-8,16H,1H3,(H,17,20)/t8-/m0/s1. The van der Waals surface area contributed by atoms with Crippen molar-refractivity contribution in [2.45, 2.75) is 13.0 Å². The van der Waals surface area contributed by atoms with Gasteiger partial charge in [-0.2, -0.15) is 4.98 Å². The summed E-state index contributed by atoms with van der Waals surface area (Å²) in [7, 11) is 0. The van der Waals surface area contributed by atoms with E-state index in [4.69, 9.17) is 8.94 Å². The summed E-state index contributed by atoms with van der Waals surface area (Å²) in [5, 5.41) is 9.22. The lowest BCUT2D eigenvalue weighted by atomic mass is 10.2. The van der Waals surface area contributed by atoms with Gasteiger partial charge in [-0.1, -0.05) is 11.2 Å². The van der Waals surface area contributed by atoms with Crippen LogP contribution in [0.2, 0.25) is 0 Å². The first-order chi connectivity index (χ1) is 11.2. The predicted octanol–water partition coefficient (Wildman–Crippen LogP) is 3.41. The second-order valence-corrected chi connectivity index (χ2v) is 5.97. The fourth-order valence-electron chi connectivity index (χ4n) is 2.27. The Hall–Kier alpha value is -2.87. The van der Waals surface area contributed by atoms with Crippen LogP contribution in [0.25, 0.3) is 21.8 Å². The van der Waals surface area contributed by atoms with Crippen molar-refractivity contribution in [2.24, 2.45) is 0 Å². The maximum absolute atomic E-state index is 11.2. The third kappa shape index (κ3) is 2.64. The molecule has 116 valence electrons. The third-order valence-electron chi connectivity index (χ3n) is 3.36. The lowest BCUT2D eigenvalue weighted by Crippen LogP contribution is -2.06. The van der Waals surface area contributed by atoms with E-state index in [0.717, 1.165) is 10.6 Å². The minimum atomic E-state index is -0.470. The van der Waals surface area contributed by atoms with Gasteiger partial charge in [0.15, 0.2) is 5.58 Å². The molecule has 3 heterocycles. The minimum absolute atomic E-state index is 0.174. The molecular weight excluding hydrogens is 316 g/mol. The van der Waals surface area contributed by atoms with Crippen molar-refractivity contribution in [1.29, 1.82) is 0 Å². The molecule has 0 spiro atoms. The highest BCUT2D eigenvalue weighted by atomic mass is 32.1. The Morgan fingerprint density at radius 3 is 3.09 bits per heavy atom. The Kier molecular flexibility index (Phi) is 3.23. The van der Waals surface area contributed by atoms with E-state index >= 15 is 0 Å². The van der Waals surface area contributed by atoms with Gasteiger partial charge in [0.1, 0.15) is 6.04 Å². The molecule has 0 aliphatic carbocycles. The number of hydrogen-bond acceptors (Lipinski definition) is 7. The topological polar surface area (TPSA) is 97.0 Å². The van der Waals surface area contributed by atoms with Crippen LogP contribution in [0.4, 0.5) is 5.69 Å². The van der Waals surface area contributed by atoms with Gasteiger partial charge in [-0.15, -0.1) is 11.3 Å². The molecule has 0 aliphatic heterocycles. The number of benzene rings is 1. The average molecular weight is 328 g/mol. The van der Waals surface area contributed by atoms with Crippen molar-refractivity contribution < 1.29 is 8.94 Å². The smallest absolute Gasteiger partial charge is 0.408 e. The Morgan fingerprint density at radius 1 is 1.35 bits per heavy atom. The molecule has 1 atom stereocenters. The molecule has 0 saturated heterocycles. The zero-order chi connectivity index (χ0) is 15.8. The van der Waals surface area contributed by atoms with Gasteiger partial charge in [0.25, 0.3) is 0 Å². The maximum Gasteiger partial charge on any atom is 0.417 e. The summed E-state index contributed by atoms with van der Waals surface area (Å²) in [5.74, 6) is 0.607. The second kappa shape index (κ2) is 5.40. The number of rotatable bonds is 4. The van der Waals surface area contributed by atoms with Crippen molar-refractivity contribution >= 4 is 28.1 Å². The first-order valence-electron chi connectivity index (χ1n) is 6.96. The zero-order valence-corrected chi connectivity index (χ0v) is 12.9. The van der Waals surface area contributed by atoms with Crippen LogP contribution in [0.5, 0.6) is 0 Å². The van der Waals surface area contributed by atoms with Crippen LogP contribution < -0.4 is 11.1 Å². The summed E-state index contributed by atoms with van der Waals surface area (Å²) in [6.45, 7) is 1.92. The molecule has 2 N–H and O–H groups in total. The highest BCUT2D eigenvalue weighted by Gasteiger charge is 2.16. The van der Waals surface area contributed by atoms with E-state index < -0.39 is 5.76 Å². The quantitative estimate of drug-likeness (QED) is 0.596. The van der Waals surface area contributed by atoms with Crippen LogP contribution in [-0.2, 0) is 0 Å². The summed E-state index contributed by atoms with van der Waals surface area (Å²) in [6.07, 6.45) is 0. The highest BCUT2D eigenvalue weighted by Crippen LogP contribution is 2.25. The number of nitrogens with zero attached hydrogens (tertiary/aromatic N) is 2. The number of aromatic nitrogens is 3. The fraction of sp³-hybridized carbons (Fsp3) is 0.133. The summed E-state index contributed by atoms with van der Waals surface area (Å²) in [4.78, 5) is 19.2. The van der Waals surface area contributed by atoms with E-state index in [1.807, 2.05) is 30.5 Å². The van der Waals surface area contributed by atoms with Gasteiger partial charge in [-0.25, -0.2) is 4.79 Å². The molecule has 0 radical (unpaired) electrons. The van der Waals surface area contributed by atoms with Crippen molar-refractivity contribution in [3.05, 3.63) is 52.2 Å². The van der Waals surface area contributed by atoms with Crippen LogP contribution in [-0.4, -0.2) is 15.1 Å². The lowest BCUT2D eigenvalue weighted by molar-refractivity contribution is 0.368. The fourth-order valence-corrected chi connectivity index (χ4v) is 2.92. The van der Waals surface area contributed by atoms with Crippen molar-refractivity contribution in [3.8, 4) is 10.7 Å². The van der Waals surface area contributed by atoms with Crippen LogP contribution in [0.3, 0.4) is 0 Å². The van der Waals surface area contributed by atoms with E-state index in [0.29, 0.717) is 22.8 Å². The monoisotopic (exact) mass is 328 g/mol. The van der Waals surface area contributed by atoms with Crippen LogP contribution in [0.1, 0.15) is 18.9 Å². The molecule has 0 bridgehead atoms. The van der Waals surface area contributed by atoms with Crippen LogP contribution in [0, 0.1) is 0 Å².